The van der Waals surface area contributed by atoms with E-state index < -0.39 is 0 Å². The first-order valence-corrected chi connectivity index (χ1v) is 6.58. The normalized spacial score (nSPS) is 21.1. The van der Waals surface area contributed by atoms with Crippen molar-refractivity contribution in [3.63, 3.8) is 0 Å². The molecule has 2 aliphatic rings. The van der Waals surface area contributed by atoms with E-state index in [2.05, 4.69) is 16.3 Å². The lowest BCUT2D eigenvalue weighted by molar-refractivity contribution is 0.156. The van der Waals surface area contributed by atoms with E-state index in [1.807, 2.05) is 12.1 Å². The van der Waals surface area contributed by atoms with E-state index >= 15 is 0 Å². The van der Waals surface area contributed by atoms with Crippen LogP contribution in [0.3, 0.4) is 0 Å². The number of phenolic OH excluding ortho intramolecular Hbond substituents is 1. The molecule has 1 saturated carbocycles. The molecule has 1 aromatic carbocycles. The summed E-state index contributed by atoms with van der Waals surface area (Å²) in [7, 11) is 0. The number of aromatic hydroxyl groups is 1. The van der Waals surface area contributed by atoms with E-state index in [1.165, 1.54) is 18.4 Å². The standard InChI is InChI=1S/C14H20N2O.2ClH/c17-13-3-1-2-12(10-13)14(11-4-5-11)16-8-6-15-7-9-16;;/h1-3,10-11,14-15,17H,4-9H2;2*1H/t14-;;/m1../s1. The second kappa shape index (κ2) is 7.34. The zero-order valence-corrected chi connectivity index (χ0v) is 12.6. The van der Waals surface area contributed by atoms with Crippen molar-refractivity contribution in [3.8, 4) is 5.75 Å². The Balaban J connectivity index is 0.000000902. The van der Waals surface area contributed by atoms with Crippen molar-refractivity contribution in [2.45, 2.75) is 18.9 Å². The summed E-state index contributed by atoms with van der Waals surface area (Å²) in [6, 6.07) is 8.33. The van der Waals surface area contributed by atoms with Crippen LogP contribution in [-0.2, 0) is 0 Å². The molecule has 2 fully saturated rings. The van der Waals surface area contributed by atoms with Crippen molar-refractivity contribution in [2.75, 3.05) is 26.2 Å². The van der Waals surface area contributed by atoms with Crippen LogP contribution < -0.4 is 5.32 Å². The molecule has 1 atom stereocenters. The highest BCUT2D eigenvalue weighted by Crippen LogP contribution is 2.45. The number of hydrogen-bond donors (Lipinski definition) is 2. The molecule has 2 N–H and O–H groups in total. The molecule has 1 aliphatic heterocycles. The summed E-state index contributed by atoms with van der Waals surface area (Å²) < 4.78 is 0. The Morgan fingerprint density at radius 2 is 1.84 bits per heavy atom. The van der Waals surface area contributed by atoms with Crippen molar-refractivity contribution in [1.82, 2.24) is 10.2 Å². The van der Waals surface area contributed by atoms with Crippen LogP contribution in [0, 0.1) is 5.92 Å². The van der Waals surface area contributed by atoms with Crippen LogP contribution in [0.5, 0.6) is 5.75 Å². The summed E-state index contributed by atoms with van der Waals surface area (Å²) in [6.45, 7) is 4.41. The van der Waals surface area contributed by atoms with Gasteiger partial charge in [0.25, 0.3) is 0 Å². The summed E-state index contributed by atoms with van der Waals surface area (Å²) in [4.78, 5) is 2.57. The zero-order valence-electron chi connectivity index (χ0n) is 10.9. The Morgan fingerprint density at radius 3 is 2.42 bits per heavy atom. The number of halogens is 2. The Kier molecular flexibility index (Phi) is 6.40. The molecule has 0 bridgehead atoms. The zero-order chi connectivity index (χ0) is 11.7. The number of nitrogens with zero attached hydrogens (tertiary/aromatic N) is 1. The maximum atomic E-state index is 9.63. The average molecular weight is 305 g/mol. The maximum absolute atomic E-state index is 9.63. The molecule has 0 unspecified atom stereocenters. The summed E-state index contributed by atoms with van der Waals surface area (Å²) in [5.41, 5.74) is 1.29. The maximum Gasteiger partial charge on any atom is 0.115 e. The molecule has 1 aliphatic carbocycles. The van der Waals surface area contributed by atoms with Gasteiger partial charge in [-0.05, 0) is 36.5 Å². The molecule has 108 valence electrons. The van der Waals surface area contributed by atoms with Gasteiger partial charge in [-0.25, -0.2) is 0 Å². The molecule has 0 spiro atoms. The van der Waals surface area contributed by atoms with Gasteiger partial charge in [-0.1, -0.05) is 12.1 Å². The molecular weight excluding hydrogens is 283 g/mol. The Hall–Kier alpha value is -0.480. The van der Waals surface area contributed by atoms with Gasteiger partial charge in [0.15, 0.2) is 0 Å². The van der Waals surface area contributed by atoms with Gasteiger partial charge < -0.3 is 10.4 Å². The third-order valence-corrected chi connectivity index (χ3v) is 3.83. The van der Waals surface area contributed by atoms with Crippen molar-refractivity contribution >= 4 is 24.8 Å². The second-order valence-corrected chi connectivity index (χ2v) is 5.16. The van der Waals surface area contributed by atoms with Crippen molar-refractivity contribution in [1.29, 1.82) is 0 Å². The second-order valence-electron chi connectivity index (χ2n) is 5.16. The predicted octanol–water partition coefficient (Wildman–Crippen LogP) is 2.59. The quantitative estimate of drug-likeness (QED) is 0.901. The lowest BCUT2D eigenvalue weighted by atomic mass is 9.99. The van der Waals surface area contributed by atoms with Crippen molar-refractivity contribution < 1.29 is 5.11 Å². The van der Waals surface area contributed by atoms with Crippen LogP contribution in [0.1, 0.15) is 24.4 Å². The smallest absolute Gasteiger partial charge is 0.115 e. The molecule has 0 amide bonds. The molecule has 1 aromatic rings. The minimum absolute atomic E-state index is 0. The van der Waals surface area contributed by atoms with Gasteiger partial charge in [0.05, 0.1) is 0 Å². The van der Waals surface area contributed by atoms with Gasteiger partial charge in [-0.15, -0.1) is 24.8 Å². The molecule has 0 radical (unpaired) electrons. The molecule has 3 nitrogen and oxygen atoms in total. The highest BCUT2D eigenvalue weighted by molar-refractivity contribution is 5.85. The van der Waals surface area contributed by atoms with Gasteiger partial charge in [-0.2, -0.15) is 0 Å². The van der Waals surface area contributed by atoms with Gasteiger partial charge in [-0.3, -0.25) is 4.90 Å². The minimum Gasteiger partial charge on any atom is -0.508 e. The van der Waals surface area contributed by atoms with Gasteiger partial charge in [0.2, 0.25) is 0 Å². The largest absolute Gasteiger partial charge is 0.508 e. The monoisotopic (exact) mass is 304 g/mol. The van der Waals surface area contributed by atoms with Crippen LogP contribution >= 0.6 is 24.8 Å². The van der Waals surface area contributed by atoms with E-state index in [0.717, 1.165) is 32.1 Å². The number of hydrogen-bond acceptors (Lipinski definition) is 3. The number of benzene rings is 1. The van der Waals surface area contributed by atoms with E-state index in [0.29, 0.717) is 11.8 Å². The first kappa shape index (κ1) is 16.6. The molecular formula is C14H22Cl2N2O. The Labute approximate surface area is 127 Å². The number of rotatable bonds is 3. The third kappa shape index (κ3) is 3.99. The molecule has 0 aromatic heterocycles. The van der Waals surface area contributed by atoms with Crippen LogP contribution in [0.4, 0.5) is 0 Å². The van der Waals surface area contributed by atoms with Gasteiger partial charge in [0, 0.05) is 32.2 Å². The lowest BCUT2D eigenvalue weighted by Gasteiger charge is -2.35. The van der Waals surface area contributed by atoms with Gasteiger partial charge in [0.1, 0.15) is 5.75 Å². The molecule has 5 heteroatoms. The fraction of sp³-hybridized carbons (Fsp3) is 0.571. The lowest BCUT2D eigenvalue weighted by Crippen LogP contribution is -2.45. The Bertz CT molecular complexity index is 393. The summed E-state index contributed by atoms with van der Waals surface area (Å²) in [5.74, 6) is 1.19. The first-order chi connectivity index (χ1) is 8.34. The third-order valence-electron chi connectivity index (χ3n) is 3.83. The van der Waals surface area contributed by atoms with E-state index in [1.54, 1.807) is 6.07 Å². The highest BCUT2D eigenvalue weighted by Gasteiger charge is 2.36. The molecule has 1 saturated heterocycles. The fourth-order valence-corrected chi connectivity index (χ4v) is 2.86. The fourth-order valence-electron chi connectivity index (χ4n) is 2.86. The topological polar surface area (TPSA) is 35.5 Å². The average Bonchev–Trinajstić information content (AvgIpc) is 3.15. The van der Waals surface area contributed by atoms with Crippen molar-refractivity contribution in [3.05, 3.63) is 29.8 Å². The molecule has 3 rings (SSSR count). The van der Waals surface area contributed by atoms with E-state index in [4.69, 9.17) is 0 Å². The van der Waals surface area contributed by atoms with Gasteiger partial charge >= 0.3 is 0 Å². The number of piperazine rings is 1. The van der Waals surface area contributed by atoms with E-state index in [9.17, 15) is 5.11 Å². The van der Waals surface area contributed by atoms with Crippen LogP contribution in [-0.4, -0.2) is 36.2 Å². The Morgan fingerprint density at radius 1 is 1.16 bits per heavy atom. The summed E-state index contributed by atoms with van der Waals surface area (Å²) in [6.07, 6.45) is 2.68. The highest BCUT2D eigenvalue weighted by atomic mass is 35.5. The van der Waals surface area contributed by atoms with Crippen LogP contribution in [0.25, 0.3) is 0 Å². The molecule has 1 heterocycles. The van der Waals surface area contributed by atoms with Crippen LogP contribution in [0.15, 0.2) is 24.3 Å². The summed E-state index contributed by atoms with van der Waals surface area (Å²) >= 11 is 0. The van der Waals surface area contributed by atoms with Crippen molar-refractivity contribution in [2.24, 2.45) is 5.92 Å². The first-order valence-electron chi connectivity index (χ1n) is 6.58. The summed E-state index contributed by atoms with van der Waals surface area (Å²) in [5, 5.41) is 13.0. The van der Waals surface area contributed by atoms with E-state index in [-0.39, 0.29) is 24.8 Å². The predicted molar refractivity (Wildman–Crippen MR) is 82.5 cm³/mol. The van der Waals surface area contributed by atoms with Crippen LogP contribution in [0.2, 0.25) is 0 Å². The molecule has 19 heavy (non-hydrogen) atoms. The number of phenols is 1. The number of nitrogens with one attached hydrogen (secondary N) is 1. The minimum atomic E-state index is 0. The SMILES string of the molecule is Cl.Cl.Oc1cccc([C@@H](C2CC2)N2CCNCC2)c1.